The number of likely N-dealkylation sites (tertiary alicyclic amines) is 1. The second kappa shape index (κ2) is 15.8. The zero-order chi connectivity index (χ0) is 33.4. The van der Waals surface area contributed by atoms with Crippen LogP contribution in [-0.4, -0.2) is 79.9 Å². The first-order valence-corrected chi connectivity index (χ1v) is 16.2. The van der Waals surface area contributed by atoms with Gasteiger partial charge in [0.2, 0.25) is 0 Å². The summed E-state index contributed by atoms with van der Waals surface area (Å²) in [6.07, 6.45) is 7.19. The maximum absolute atomic E-state index is 14.5. The van der Waals surface area contributed by atoms with Gasteiger partial charge in [0.1, 0.15) is 17.2 Å². The van der Waals surface area contributed by atoms with Gasteiger partial charge in [-0.15, -0.1) is 0 Å². The number of hydrogen-bond acceptors (Lipinski definition) is 6. The summed E-state index contributed by atoms with van der Waals surface area (Å²) in [5.74, 6) is 0.0747. The molecular weight excluding hydrogens is 592 g/mol. The Balaban J connectivity index is 1.45. The molecule has 1 aliphatic heterocycles. The van der Waals surface area contributed by atoms with E-state index < -0.39 is 17.2 Å². The summed E-state index contributed by atoms with van der Waals surface area (Å²) in [4.78, 5) is 30.6. The second-order valence-corrected chi connectivity index (χ2v) is 13.6. The van der Waals surface area contributed by atoms with Crippen LogP contribution in [0.15, 0.2) is 42.0 Å². The molecule has 0 radical (unpaired) electrons. The van der Waals surface area contributed by atoms with E-state index in [4.69, 9.17) is 14.2 Å². The van der Waals surface area contributed by atoms with E-state index in [0.29, 0.717) is 29.5 Å². The molecule has 1 N–H and O–H groups in total. The number of alkyl carbamates (subject to hydrolysis) is 1. The van der Waals surface area contributed by atoms with E-state index in [2.05, 4.69) is 10.2 Å². The Kier molecular flexibility index (Phi) is 12.1. The van der Waals surface area contributed by atoms with E-state index in [0.717, 1.165) is 63.3 Å². The van der Waals surface area contributed by atoms with Crippen molar-refractivity contribution in [3.63, 3.8) is 0 Å². The first kappa shape index (κ1) is 35.2. The molecule has 2 amide bonds. The molecule has 10 heteroatoms. The highest BCUT2D eigenvalue weighted by Gasteiger charge is 2.32. The van der Waals surface area contributed by atoms with Crippen LogP contribution in [0.1, 0.15) is 82.1 Å². The van der Waals surface area contributed by atoms with Crippen LogP contribution in [0.4, 0.5) is 13.6 Å². The summed E-state index contributed by atoms with van der Waals surface area (Å²) in [7, 11) is 3.08. The third kappa shape index (κ3) is 9.92. The summed E-state index contributed by atoms with van der Waals surface area (Å²) in [5.41, 5.74) is 1.00. The minimum atomic E-state index is -0.643. The van der Waals surface area contributed by atoms with Gasteiger partial charge in [-0.2, -0.15) is 0 Å². The molecule has 2 aromatic carbocycles. The van der Waals surface area contributed by atoms with Gasteiger partial charge in [0, 0.05) is 48.9 Å². The molecule has 1 unspecified atom stereocenters. The van der Waals surface area contributed by atoms with E-state index >= 15 is 0 Å². The van der Waals surface area contributed by atoms with Crippen molar-refractivity contribution in [2.24, 2.45) is 5.92 Å². The topological polar surface area (TPSA) is 80.3 Å². The highest BCUT2D eigenvalue weighted by molar-refractivity contribution is 5.95. The molecule has 1 atom stereocenters. The lowest BCUT2D eigenvalue weighted by molar-refractivity contribution is 0.0480. The van der Waals surface area contributed by atoms with Gasteiger partial charge in [-0.1, -0.05) is 11.6 Å². The fourth-order valence-corrected chi connectivity index (χ4v) is 6.49. The quantitative estimate of drug-likeness (QED) is 0.283. The van der Waals surface area contributed by atoms with Gasteiger partial charge in [-0.05, 0) is 109 Å². The standard InChI is InChI=1S/C36H49F2N3O5/c1-24(18-26-11-13-28(37)20-31(26)38)21-41(34(42)27-12-16-32(44-5)33(19-27)45-6)23-30-8-7-17-40(30)22-25-9-14-29(15-10-25)39-35(43)46-36(2,3)4/h11-13,16,18-20,25,29-30H,7-10,14-15,17,21-23H2,1-6H3,(H,39,43). The largest absolute Gasteiger partial charge is 0.493 e. The molecule has 1 saturated carbocycles. The van der Waals surface area contributed by atoms with Gasteiger partial charge in [-0.25, -0.2) is 13.6 Å². The van der Waals surface area contributed by atoms with E-state index in [9.17, 15) is 18.4 Å². The Labute approximate surface area is 272 Å². The molecule has 1 heterocycles. The summed E-state index contributed by atoms with van der Waals surface area (Å²) >= 11 is 0. The summed E-state index contributed by atoms with van der Waals surface area (Å²) in [5, 5.41) is 3.03. The number of ether oxygens (including phenoxy) is 3. The van der Waals surface area contributed by atoms with Gasteiger partial charge < -0.3 is 24.4 Å². The molecule has 4 rings (SSSR count). The number of rotatable bonds is 11. The predicted octanol–water partition coefficient (Wildman–Crippen LogP) is 7.08. The molecule has 0 bridgehead atoms. The molecule has 252 valence electrons. The van der Waals surface area contributed by atoms with Crippen molar-refractivity contribution in [3.05, 3.63) is 64.7 Å². The van der Waals surface area contributed by atoms with Crippen molar-refractivity contribution >= 4 is 18.1 Å². The van der Waals surface area contributed by atoms with Gasteiger partial charge in [0.15, 0.2) is 11.5 Å². The van der Waals surface area contributed by atoms with Crippen molar-refractivity contribution in [3.8, 4) is 11.5 Å². The zero-order valence-corrected chi connectivity index (χ0v) is 28.0. The first-order valence-electron chi connectivity index (χ1n) is 16.2. The van der Waals surface area contributed by atoms with E-state index in [-0.39, 0.29) is 36.2 Å². The minimum absolute atomic E-state index is 0.121. The fourth-order valence-electron chi connectivity index (χ4n) is 6.49. The van der Waals surface area contributed by atoms with Gasteiger partial charge >= 0.3 is 6.09 Å². The molecule has 1 aliphatic carbocycles. The second-order valence-electron chi connectivity index (χ2n) is 13.6. The fraction of sp³-hybridized carbons (Fsp3) is 0.556. The Morgan fingerprint density at radius 1 is 1.00 bits per heavy atom. The number of carbonyl (C=O) groups excluding carboxylic acids is 2. The molecule has 46 heavy (non-hydrogen) atoms. The number of nitrogens with one attached hydrogen (secondary N) is 1. The molecule has 0 aromatic heterocycles. The van der Waals surface area contributed by atoms with E-state index in [1.807, 2.05) is 32.6 Å². The predicted molar refractivity (Wildman–Crippen MR) is 175 cm³/mol. The van der Waals surface area contributed by atoms with Crippen LogP contribution in [0, 0.1) is 17.6 Å². The first-order chi connectivity index (χ1) is 21.8. The van der Waals surface area contributed by atoms with Crippen LogP contribution < -0.4 is 14.8 Å². The van der Waals surface area contributed by atoms with Crippen molar-refractivity contribution in [1.82, 2.24) is 15.1 Å². The van der Waals surface area contributed by atoms with Crippen LogP contribution in [0.2, 0.25) is 0 Å². The van der Waals surface area contributed by atoms with Crippen molar-refractivity contribution in [1.29, 1.82) is 0 Å². The number of nitrogens with zero attached hydrogens (tertiary/aromatic N) is 2. The lowest BCUT2D eigenvalue weighted by Gasteiger charge is -2.36. The number of amides is 2. The zero-order valence-electron chi connectivity index (χ0n) is 28.0. The van der Waals surface area contributed by atoms with Crippen LogP contribution in [-0.2, 0) is 4.74 Å². The third-order valence-electron chi connectivity index (χ3n) is 8.71. The van der Waals surface area contributed by atoms with Crippen LogP contribution >= 0.6 is 0 Å². The molecule has 8 nitrogen and oxygen atoms in total. The Bertz CT molecular complexity index is 1380. The Morgan fingerprint density at radius 3 is 2.37 bits per heavy atom. The average molecular weight is 642 g/mol. The van der Waals surface area contributed by atoms with E-state index in [1.54, 1.807) is 31.4 Å². The molecule has 0 spiro atoms. The number of carbonyl (C=O) groups is 2. The van der Waals surface area contributed by atoms with Crippen LogP contribution in [0.5, 0.6) is 11.5 Å². The number of benzene rings is 2. The maximum Gasteiger partial charge on any atom is 0.407 e. The number of halogens is 2. The third-order valence-corrected chi connectivity index (χ3v) is 8.71. The van der Waals surface area contributed by atoms with Gasteiger partial charge in [0.25, 0.3) is 5.91 Å². The summed E-state index contributed by atoms with van der Waals surface area (Å²) in [6, 6.07) is 8.93. The molecule has 1 saturated heterocycles. The van der Waals surface area contributed by atoms with Crippen molar-refractivity contribution in [2.45, 2.75) is 83.9 Å². The number of methoxy groups -OCH3 is 2. The molecule has 2 fully saturated rings. The van der Waals surface area contributed by atoms with Gasteiger partial charge in [0.05, 0.1) is 14.2 Å². The minimum Gasteiger partial charge on any atom is -0.493 e. The number of hydrogen-bond donors (Lipinski definition) is 1. The molecule has 2 aliphatic rings. The van der Waals surface area contributed by atoms with Crippen molar-refractivity contribution in [2.75, 3.05) is 40.4 Å². The molecule has 2 aromatic rings. The SMILES string of the molecule is COc1ccc(C(=O)N(CC(C)=Cc2ccc(F)cc2F)CC2CCCN2CC2CCC(NC(=O)OC(C)(C)C)CC2)cc1OC. The van der Waals surface area contributed by atoms with Crippen LogP contribution in [0.25, 0.3) is 6.08 Å². The van der Waals surface area contributed by atoms with Crippen molar-refractivity contribution < 1.29 is 32.6 Å². The Hall–Kier alpha value is -3.66. The smallest absolute Gasteiger partial charge is 0.407 e. The summed E-state index contributed by atoms with van der Waals surface area (Å²) in [6.45, 7) is 10.2. The average Bonchev–Trinajstić information content (AvgIpc) is 3.43. The normalized spacial score (nSPS) is 20.7. The van der Waals surface area contributed by atoms with Gasteiger partial charge in [-0.3, -0.25) is 9.69 Å². The Morgan fingerprint density at radius 2 is 1.72 bits per heavy atom. The highest BCUT2D eigenvalue weighted by atomic mass is 19.1. The lowest BCUT2D eigenvalue weighted by Crippen LogP contribution is -2.46. The molecular formula is C36H49F2N3O5. The van der Waals surface area contributed by atoms with E-state index in [1.165, 1.54) is 19.2 Å². The summed E-state index contributed by atoms with van der Waals surface area (Å²) < 4.78 is 44.2. The highest BCUT2D eigenvalue weighted by Crippen LogP contribution is 2.31. The maximum atomic E-state index is 14.5. The van der Waals surface area contributed by atoms with Crippen LogP contribution in [0.3, 0.4) is 0 Å². The lowest BCUT2D eigenvalue weighted by atomic mass is 9.85. The monoisotopic (exact) mass is 641 g/mol.